The zero-order valence-electron chi connectivity index (χ0n) is 12.6. The number of benzene rings is 1. The zero-order valence-corrected chi connectivity index (χ0v) is 12.6. The number of methoxy groups -OCH3 is 1. The summed E-state index contributed by atoms with van der Waals surface area (Å²) in [5, 5.41) is 11.8. The molecule has 1 aliphatic carbocycles. The molecule has 22 heavy (non-hydrogen) atoms. The standard InChI is InChI=1S/C16H21NO5/c1-21-13-6-8-14(9-7-13)22-10-15(18)17-12-4-2-11(3-5-12)16(19)20/h6-9,11-12H,2-5,10H2,1H3,(H,17,18)(H,19,20). The first-order valence-corrected chi connectivity index (χ1v) is 7.37. The lowest BCUT2D eigenvalue weighted by Crippen LogP contribution is -2.40. The van der Waals surface area contributed by atoms with Gasteiger partial charge in [-0.25, -0.2) is 0 Å². The second kappa shape index (κ2) is 7.68. The van der Waals surface area contributed by atoms with Crippen LogP contribution in [-0.2, 0) is 9.59 Å². The van der Waals surface area contributed by atoms with Crippen LogP contribution in [0.2, 0.25) is 0 Å². The quantitative estimate of drug-likeness (QED) is 0.837. The third-order valence-corrected chi connectivity index (χ3v) is 3.87. The minimum Gasteiger partial charge on any atom is -0.497 e. The van der Waals surface area contributed by atoms with Crippen molar-refractivity contribution in [2.75, 3.05) is 13.7 Å². The van der Waals surface area contributed by atoms with E-state index in [0.29, 0.717) is 31.4 Å². The molecular formula is C16H21NO5. The van der Waals surface area contributed by atoms with E-state index in [-0.39, 0.29) is 24.5 Å². The summed E-state index contributed by atoms with van der Waals surface area (Å²) in [4.78, 5) is 22.7. The fourth-order valence-electron chi connectivity index (χ4n) is 2.57. The normalized spacial score (nSPS) is 21.0. The number of hydrogen-bond acceptors (Lipinski definition) is 4. The molecule has 0 radical (unpaired) electrons. The van der Waals surface area contributed by atoms with E-state index in [2.05, 4.69) is 5.32 Å². The van der Waals surface area contributed by atoms with E-state index in [4.69, 9.17) is 14.6 Å². The van der Waals surface area contributed by atoms with Gasteiger partial charge in [0, 0.05) is 6.04 Å². The van der Waals surface area contributed by atoms with Gasteiger partial charge in [-0.3, -0.25) is 9.59 Å². The summed E-state index contributed by atoms with van der Waals surface area (Å²) >= 11 is 0. The van der Waals surface area contributed by atoms with Crippen molar-refractivity contribution in [3.05, 3.63) is 24.3 Å². The van der Waals surface area contributed by atoms with Crippen molar-refractivity contribution in [1.29, 1.82) is 0 Å². The molecule has 0 saturated heterocycles. The average Bonchev–Trinajstić information content (AvgIpc) is 2.54. The van der Waals surface area contributed by atoms with E-state index in [1.807, 2.05) is 0 Å². The largest absolute Gasteiger partial charge is 0.497 e. The van der Waals surface area contributed by atoms with Crippen LogP contribution in [0.3, 0.4) is 0 Å². The molecule has 1 amide bonds. The molecule has 0 aliphatic heterocycles. The molecule has 0 atom stereocenters. The fourth-order valence-corrected chi connectivity index (χ4v) is 2.57. The van der Waals surface area contributed by atoms with Crippen LogP contribution in [0, 0.1) is 5.92 Å². The number of ether oxygens (including phenoxy) is 2. The molecule has 1 aliphatic rings. The summed E-state index contributed by atoms with van der Waals surface area (Å²) < 4.78 is 10.5. The third-order valence-electron chi connectivity index (χ3n) is 3.87. The first-order chi connectivity index (χ1) is 10.6. The number of amides is 1. The maximum Gasteiger partial charge on any atom is 0.306 e. The number of rotatable bonds is 6. The Hall–Kier alpha value is -2.24. The maximum absolute atomic E-state index is 11.8. The minimum atomic E-state index is -0.743. The molecular weight excluding hydrogens is 286 g/mol. The molecule has 1 saturated carbocycles. The summed E-state index contributed by atoms with van der Waals surface area (Å²) in [7, 11) is 1.59. The molecule has 6 nitrogen and oxygen atoms in total. The number of carboxylic acids is 1. The lowest BCUT2D eigenvalue weighted by atomic mass is 9.86. The van der Waals surface area contributed by atoms with Crippen molar-refractivity contribution in [2.24, 2.45) is 5.92 Å². The highest BCUT2D eigenvalue weighted by atomic mass is 16.5. The number of hydrogen-bond donors (Lipinski definition) is 2. The molecule has 0 bridgehead atoms. The lowest BCUT2D eigenvalue weighted by Gasteiger charge is -2.26. The second-order valence-electron chi connectivity index (χ2n) is 5.42. The van der Waals surface area contributed by atoms with E-state index in [1.165, 1.54) is 0 Å². The van der Waals surface area contributed by atoms with Crippen LogP contribution >= 0.6 is 0 Å². The molecule has 2 rings (SSSR count). The Balaban J connectivity index is 1.70. The Morgan fingerprint density at radius 3 is 2.27 bits per heavy atom. The Morgan fingerprint density at radius 2 is 1.73 bits per heavy atom. The minimum absolute atomic E-state index is 0.0440. The zero-order chi connectivity index (χ0) is 15.9. The van der Waals surface area contributed by atoms with Gasteiger partial charge in [0.15, 0.2) is 6.61 Å². The van der Waals surface area contributed by atoms with Gasteiger partial charge in [0.05, 0.1) is 13.0 Å². The fraction of sp³-hybridized carbons (Fsp3) is 0.500. The van der Waals surface area contributed by atoms with Gasteiger partial charge in [0.25, 0.3) is 5.91 Å². The topological polar surface area (TPSA) is 84.9 Å². The van der Waals surface area contributed by atoms with Gasteiger partial charge in [-0.2, -0.15) is 0 Å². The van der Waals surface area contributed by atoms with Crippen molar-refractivity contribution >= 4 is 11.9 Å². The Labute approximate surface area is 129 Å². The van der Waals surface area contributed by atoms with Crippen LogP contribution in [0.4, 0.5) is 0 Å². The predicted molar refractivity (Wildman–Crippen MR) is 80.0 cm³/mol. The second-order valence-corrected chi connectivity index (χ2v) is 5.42. The molecule has 1 fully saturated rings. The van der Waals surface area contributed by atoms with Crippen LogP contribution in [0.5, 0.6) is 11.5 Å². The number of carbonyl (C=O) groups is 2. The van der Waals surface area contributed by atoms with Gasteiger partial charge < -0.3 is 19.9 Å². The van der Waals surface area contributed by atoms with Crippen molar-refractivity contribution in [3.63, 3.8) is 0 Å². The molecule has 120 valence electrons. The predicted octanol–water partition coefficient (Wildman–Crippen LogP) is 1.83. The Morgan fingerprint density at radius 1 is 1.14 bits per heavy atom. The van der Waals surface area contributed by atoms with Crippen LogP contribution in [0.1, 0.15) is 25.7 Å². The number of carbonyl (C=O) groups excluding carboxylic acids is 1. The van der Waals surface area contributed by atoms with Crippen molar-refractivity contribution in [1.82, 2.24) is 5.32 Å². The average molecular weight is 307 g/mol. The highest BCUT2D eigenvalue weighted by Crippen LogP contribution is 2.24. The van der Waals surface area contributed by atoms with Crippen molar-refractivity contribution in [2.45, 2.75) is 31.7 Å². The first kappa shape index (κ1) is 16.1. The summed E-state index contributed by atoms with van der Waals surface area (Å²) in [5.41, 5.74) is 0. The summed E-state index contributed by atoms with van der Waals surface area (Å²) in [6, 6.07) is 7.05. The summed E-state index contributed by atoms with van der Waals surface area (Å²) in [6.07, 6.45) is 2.62. The van der Waals surface area contributed by atoms with E-state index in [1.54, 1.807) is 31.4 Å². The van der Waals surface area contributed by atoms with Gasteiger partial charge in [0.2, 0.25) is 0 Å². The number of nitrogens with one attached hydrogen (secondary N) is 1. The van der Waals surface area contributed by atoms with E-state index >= 15 is 0 Å². The molecule has 0 aromatic heterocycles. The van der Waals surface area contributed by atoms with Crippen LogP contribution in [-0.4, -0.2) is 36.7 Å². The molecule has 1 aromatic carbocycles. The Kier molecular flexibility index (Phi) is 5.63. The van der Waals surface area contributed by atoms with E-state index in [9.17, 15) is 9.59 Å². The van der Waals surface area contributed by atoms with Crippen LogP contribution in [0.25, 0.3) is 0 Å². The van der Waals surface area contributed by atoms with Crippen LogP contribution < -0.4 is 14.8 Å². The molecule has 2 N–H and O–H groups in total. The molecule has 0 spiro atoms. The smallest absolute Gasteiger partial charge is 0.306 e. The van der Waals surface area contributed by atoms with Crippen molar-refractivity contribution in [3.8, 4) is 11.5 Å². The molecule has 6 heteroatoms. The summed E-state index contributed by atoms with van der Waals surface area (Å²) in [5.74, 6) is 0.128. The number of aliphatic carboxylic acids is 1. The van der Waals surface area contributed by atoms with E-state index in [0.717, 1.165) is 5.75 Å². The highest BCUT2D eigenvalue weighted by molar-refractivity contribution is 5.78. The lowest BCUT2D eigenvalue weighted by molar-refractivity contribution is -0.142. The van der Waals surface area contributed by atoms with Crippen LogP contribution in [0.15, 0.2) is 24.3 Å². The monoisotopic (exact) mass is 307 g/mol. The highest BCUT2D eigenvalue weighted by Gasteiger charge is 2.26. The third kappa shape index (κ3) is 4.65. The van der Waals surface area contributed by atoms with Gasteiger partial charge in [-0.1, -0.05) is 0 Å². The Bertz CT molecular complexity index is 506. The van der Waals surface area contributed by atoms with Crippen molar-refractivity contribution < 1.29 is 24.2 Å². The SMILES string of the molecule is COc1ccc(OCC(=O)NC2CCC(C(=O)O)CC2)cc1. The molecule has 0 heterocycles. The van der Waals surface area contributed by atoms with Gasteiger partial charge >= 0.3 is 5.97 Å². The van der Waals surface area contributed by atoms with Gasteiger partial charge in [0.1, 0.15) is 11.5 Å². The first-order valence-electron chi connectivity index (χ1n) is 7.37. The summed E-state index contributed by atoms with van der Waals surface area (Å²) in [6.45, 7) is -0.0504. The molecule has 0 unspecified atom stereocenters. The number of carboxylic acid groups (broad SMARTS) is 1. The maximum atomic E-state index is 11.8. The van der Waals surface area contributed by atoms with Gasteiger partial charge in [-0.15, -0.1) is 0 Å². The van der Waals surface area contributed by atoms with E-state index < -0.39 is 5.97 Å². The molecule has 1 aromatic rings. The van der Waals surface area contributed by atoms with Gasteiger partial charge in [-0.05, 0) is 49.9 Å².